The van der Waals surface area contributed by atoms with Gasteiger partial charge in [0.15, 0.2) is 0 Å². The SMILES string of the molecule is CC1=CNC(=S)[C@H](C#N)[C@H]1c1ccco1. The van der Waals surface area contributed by atoms with E-state index >= 15 is 0 Å². The lowest BCUT2D eigenvalue weighted by Gasteiger charge is -2.26. The van der Waals surface area contributed by atoms with Crippen LogP contribution in [0.3, 0.4) is 0 Å². The van der Waals surface area contributed by atoms with Crippen LogP contribution in [0, 0.1) is 17.2 Å². The quantitative estimate of drug-likeness (QED) is 0.735. The van der Waals surface area contributed by atoms with Gasteiger partial charge in [-0.3, -0.25) is 0 Å². The first-order chi connectivity index (χ1) is 7.24. The number of nitrogens with zero attached hydrogens (tertiary/aromatic N) is 1. The highest BCUT2D eigenvalue weighted by molar-refractivity contribution is 7.80. The molecule has 0 aliphatic carbocycles. The molecule has 0 bridgehead atoms. The second-order valence-electron chi connectivity index (χ2n) is 3.50. The Balaban J connectivity index is 2.43. The van der Waals surface area contributed by atoms with Gasteiger partial charge >= 0.3 is 0 Å². The highest BCUT2D eigenvalue weighted by Crippen LogP contribution is 2.34. The van der Waals surface area contributed by atoms with Crippen LogP contribution in [0.25, 0.3) is 0 Å². The predicted molar refractivity (Wildman–Crippen MR) is 60.0 cm³/mol. The van der Waals surface area contributed by atoms with Crippen molar-refractivity contribution in [2.24, 2.45) is 5.92 Å². The number of hydrogen-bond acceptors (Lipinski definition) is 3. The summed E-state index contributed by atoms with van der Waals surface area (Å²) in [4.78, 5) is 0.560. The third-order valence-electron chi connectivity index (χ3n) is 2.54. The lowest BCUT2D eigenvalue weighted by molar-refractivity contribution is 0.464. The first kappa shape index (κ1) is 9.94. The van der Waals surface area contributed by atoms with Crippen LogP contribution in [0.1, 0.15) is 18.6 Å². The number of allylic oxidation sites excluding steroid dienone is 1. The van der Waals surface area contributed by atoms with Gasteiger partial charge in [-0.1, -0.05) is 12.2 Å². The van der Waals surface area contributed by atoms with Crippen molar-refractivity contribution in [1.82, 2.24) is 5.32 Å². The van der Waals surface area contributed by atoms with E-state index in [1.165, 1.54) is 0 Å². The summed E-state index contributed by atoms with van der Waals surface area (Å²) in [5, 5.41) is 12.0. The van der Waals surface area contributed by atoms with Crippen molar-refractivity contribution in [2.45, 2.75) is 12.8 Å². The van der Waals surface area contributed by atoms with Crippen LogP contribution < -0.4 is 5.32 Å². The Morgan fingerprint density at radius 2 is 2.40 bits per heavy atom. The zero-order valence-electron chi connectivity index (χ0n) is 8.23. The fourth-order valence-corrected chi connectivity index (χ4v) is 2.02. The lowest BCUT2D eigenvalue weighted by Crippen LogP contribution is -2.33. The molecular formula is C11H10N2OS. The number of furan rings is 1. The van der Waals surface area contributed by atoms with Crippen molar-refractivity contribution in [3.63, 3.8) is 0 Å². The topological polar surface area (TPSA) is 49.0 Å². The maximum absolute atomic E-state index is 9.10. The van der Waals surface area contributed by atoms with Gasteiger partial charge in [-0.2, -0.15) is 5.26 Å². The van der Waals surface area contributed by atoms with Gasteiger partial charge in [-0.25, -0.2) is 0 Å². The van der Waals surface area contributed by atoms with Gasteiger partial charge in [-0.15, -0.1) is 0 Å². The Morgan fingerprint density at radius 3 is 3.00 bits per heavy atom. The summed E-state index contributed by atoms with van der Waals surface area (Å²) >= 11 is 5.11. The molecule has 0 aromatic carbocycles. The van der Waals surface area contributed by atoms with Gasteiger partial charge in [0.1, 0.15) is 11.7 Å². The molecule has 2 rings (SSSR count). The van der Waals surface area contributed by atoms with Crippen LogP contribution in [0.5, 0.6) is 0 Å². The van der Waals surface area contributed by atoms with E-state index in [2.05, 4.69) is 11.4 Å². The Morgan fingerprint density at radius 1 is 1.60 bits per heavy atom. The van der Waals surface area contributed by atoms with Crippen LogP contribution in [0.4, 0.5) is 0 Å². The van der Waals surface area contributed by atoms with Gasteiger partial charge in [0.2, 0.25) is 0 Å². The zero-order chi connectivity index (χ0) is 10.8. The predicted octanol–water partition coefficient (Wildman–Crippen LogP) is 2.34. The average molecular weight is 218 g/mol. The molecule has 0 radical (unpaired) electrons. The van der Waals surface area contributed by atoms with Crippen LogP contribution >= 0.6 is 12.2 Å². The molecule has 2 atom stereocenters. The molecule has 4 heteroatoms. The summed E-state index contributed by atoms with van der Waals surface area (Å²) < 4.78 is 5.34. The normalized spacial score (nSPS) is 25.3. The molecular weight excluding hydrogens is 208 g/mol. The molecule has 15 heavy (non-hydrogen) atoms. The maximum Gasteiger partial charge on any atom is 0.112 e. The standard InChI is InChI=1S/C11H10N2OS/c1-7-6-13-11(15)8(5-12)10(7)9-3-2-4-14-9/h2-4,6,8,10H,1H3,(H,13,15)/t8-,10+/m1/s1. The van der Waals surface area contributed by atoms with Crippen molar-refractivity contribution in [1.29, 1.82) is 5.26 Å². The van der Waals surface area contributed by atoms with E-state index < -0.39 is 0 Å². The van der Waals surface area contributed by atoms with Gasteiger partial charge < -0.3 is 9.73 Å². The highest BCUT2D eigenvalue weighted by Gasteiger charge is 2.32. The van der Waals surface area contributed by atoms with E-state index in [0.717, 1.165) is 11.3 Å². The van der Waals surface area contributed by atoms with Crippen LogP contribution in [0.15, 0.2) is 34.6 Å². The third-order valence-corrected chi connectivity index (χ3v) is 2.91. The summed E-state index contributed by atoms with van der Waals surface area (Å²) in [5.41, 5.74) is 1.06. The van der Waals surface area contributed by atoms with E-state index in [9.17, 15) is 0 Å². The minimum Gasteiger partial charge on any atom is -0.469 e. The average Bonchev–Trinajstić information content (AvgIpc) is 2.74. The fourth-order valence-electron chi connectivity index (χ4n) is 1.77. The molecule has 1 aromatic heterocycles. The van der Waals surface area contributed by atoms with E-state index in [4.69, 9.17) is 21.9 Å². The summed E-state index contributed by atoms with van der Waals surface area (Å²) in [6, 6.07) is 5.91. The number of rotatable bonds is 1. The first-order valence-corrected chi connectivity index (χ1v) is 5.05. The molecule has 0 unspecified atom stereocenters. The minimum atomic E-state index is -0.337. The van der Waals surface area contributed by atoms with Gasteiger partial charge in [0.25, 0.3) is 0 Å². The lowest BCUT2D eigenvalue weighted by atomic mass is 9.83. The largest absolute Gasteiger partial charge is 0.469 e. The summed E-state index contributed by atoms with van der Waals surface area (Å²) in [7, 11) is 0. The molecule has 3 nitrogen and oxygen atoms in total. The van der Waals surface area contributed by atoms with Gasteiger partial charge in [0, 0.05) is 6.20 Å². The minimum absolute atomic E-state index is 0.0567. The van der Waals surface area contributed by atoms with Crippen molar-refractivity contribution in [3.05, 3.63) is 35.9 Å². The molecule has 1 aromatic rings. The smallest absolute Gasteiger partial charge is 0.112 e. The Hall–Kier alpha value is -1.60. The second kappa shape index (κ2) is 3.87. The molecule has 2 heterocycles. The number of nitriles is 1. The first-order valence-electron chi connectivity index (χ1n) is 4.64. The highest BCUT2D eigenvalue weighted by atomic mass is 32.1. The van der Waals surface area contributed by atoms with Gasteiger partial charge in [0.05, 0.1) is 23.2 Å². The zero-order valence-corrected chi connectivity index (χ0v) is 9.04. The Labute approximate surface area is 93.4 Å². The Kier molecular flexibility index (Phi) is 2.57. The number of thiocarbonyl (C=S) groups is 1. The maximum atomic E-state index is 9.10. The van der Waals surface area contributed by atoms with Crippen LogP contribution in [0.2, 0.25) is 0 Å². The van der Waals surface area contributed by atoms with Gasteiger partial charge in [-0.05, 0) is 24.6 Å². The molecule has 0 saturated heterocycles. The van der Waals surface area contributed by atoms with Crippen LogP contribution in [-0.4, -0.2) is 4.99 Å². The molecule has 76 valence electrons. The molecule has 0 amide bonds. The fraction of sp³-hybridized carbons (Fsp3) is 0.273. The number of hydrogen-bond donors (Lipinski definition) is 1. The molecule has 0 fully saturated rings. The van der Waals surface area contributed by atoms with E-state index in [0.29, 0.717) is 4.99 Å². The van der Waals surface area contributed by atoms with Crippen LogP contribution in [-0.2, 0) is 0 Å². The second-order valence-corrected chi connectivity index (χ2v) is 3.94. The molecule has 0 saturated carbocycles. The van der Waals surface area contributed by atoms with Crippen molar-refractivity contribution in [3.8, 4) is 6.07 Å². The summed E-state index contributed by atoms with van der Waals surface area (Å²) in [6.07, 6.45) is 3.45. The monoisotopic (exact) mass is 218 g/mol. The van der Waals surface area contributed by atoms with E-state index in [1.807, 2.05) is 25.3 Å². The number of nitrogens with one attached hydrogen (secondary N) is 1. The van der Waals surface area contributed by atoms with E-state index in [1.54, 1.807) is 6.26 Å². The Bertz CT molecular complexity index is 442. The molecule has 1 aliphatic heterocycles. The van der Waals surface area contributed by atoms with Crippen molar-refractivity contribution >= 4 is 17.2 Å². The summed E-state index contributed by atoms with van der Waals surface area (Å²) in [6.45, 7) is 1.96. The summed E-state index contributed by atoms with van der Waals surface area (Å²) in [5.74, 6) is 0.397. The molecule has 1 N–H and O–H groups in total. The van der Waals surface area contributed by atoms with Crippen molar-refractivity contribution in [2.75, 3.05) is 0 Å². The molecule has 0 spiro atoms. The molecule has 1 aliphatic rings. The third kappa shape index (κ3) is 1.66. The van der Waals surface area contributed by atoms with Crippen molar-refractivity contribution < 1.29 is 4.42 Å². The van der Waals surface area contributed by atoms with E-state index in [-0.39, 0.29) is 11.8 Å².